The lowest BCUT2D eigenvalue weighted by Gasteiger charge is -2.15. The quantitative estimate of drug-likeness (QED) is 0.891. The van der Waals surface area contributed by atoms with E-state index in [0.717, 1.165) is 37.8 Å². The van der Waals surface area contributed by atoms with E-state index in [4.69, 9.17) is 4.74 Å². The van der Waals surface area contributed by atoms with E-state index >= 15 is 0 Å². The van der Waals surface area contributed by atoms with Gasteiger partial charge >= 0.3 is 12.3 Å². The van der Waals surface area contributed by atoms with Crippen LogP contribution in [0.5, 0.6) is 5.75 Å². The fourth-order valence-electron chi connectivity index (χ4n) is 2.16. The molecule has 0 aromatic heterocycles. The van der Waals surface area contributed by atoms with Crippen LogP contribution in [0.3, 0.4) is 0 Å². The number of hydrogen-bond donors (Lipinski definition) is 1. The Morgan fingerprint density at radius 3 is 2.47 bits per heavy atom. The summed E-state index contributed by atoms with van der Waals surface area (Å²) < 4.78 is 42.8. The number of nitrogens with one attached hydrogen (secondary N) is 1. The summed E-state index contributed by atoms with van der Waals surface area (Å²) in [6.45, 7) is 0. The Morgan fingerprint density at radius 2 is 1.84 bits per heavy atom. The minimum Gasteiger partial charge on any atom is -0.410 e. The molecule has 0 unspecified atom stereocenters. The van der Waals surface area contributed by atoms with Gasteiger partial charge in [-0.1, -0.05) is 25.0 Å². The highest BCUT2D eigenvalue weighted by molar-refractivity contribution is 5.71. The normalized spacial score (nSPS) is 16.4. The largest absolute Gasteiger partial charge is 0.419 e. The van der Waals surface area contributed by atoms with Gasteiger partial charge in [0.05, 0.1) is 5.56 Å². The first kappa shape index (κ1) is 13.7. The summed E-state index contributed by atoms with van der Waals surface area (Å²) in [7, 11) is 0. The molecular formula is C13H14F3NO2. The average molecular weight is 273 g/mol. The first-order chi connectivity index (χ1) is 8.97. The molecule has 1 aromatic rings. The molecule has 0 spiro atoms. The molecule has 0 saturated heterocycles. The second-order valence-electron chi connectivity index (χ2n) is 4.51. The highest BCUT2D eigenvalue weighted by Crippen LogP contribution is 2.35. The van der Waals surface area contributed by atoms with Gasteiger partial charge < -0.3 is 10.1 Å². The van der Waals surface area contributed by atoms with Crippen LogP contribution in [0.1, 0.15) is 31.2 Å². The molecule has 0 heterocycles. The monoisotopic (exact) mass is 273 g/mol. The van der Waals surface area contributed by atoms with E-state index in [-0.39, 0.29) is 6.04 Å². The number of carbonyl (C=O) groups excluding carboxylic acids is 1. The number of rotatable bonds is 2. The van der Waals surface area contributed by atoms with Gasteiger partial charge in [0.1, 0.15) is 5.75 Å². The number of alkyl halides is 3. The van der Waals surface area contributed by atoms with Crippen molar-refractivity contribution < 1.29 is 22.7 Å². The van der Waals surface area contributed by atoms with E-state index in [1.807, 2.05) is 0 Å². The first-order valence-corrected chi connectivity index (χ1v) is 6.11. The van der Waals surface area contributed by atoms with Gasteiger partial charge in [0.15, 0.2) is 0 Å². The third-order valence-corrected chi connectivity index (χ3v) is 3.07. The lowest BCUT2D eigenvalue weighted by molar-refractivity contribution is -0.138. The zero-order valence-corrected chi connectivity index (χ0v) is 10.2. The molecular weight excluding hydrogens is 259 g/mol. The molecule has 2 rings (SSSR count). The van der Waals surface area contributed by atoms with E-state index in [1.54, 1.807) is 0 Å². The summed E-state index contributed by atoms with van der Waals surface area (Å²) in [5, 5.41) is 2.58. The third-order valence-electron chi connectivity index (χ3n) is 3.07. The van der Waals surface area contributed by atoms with Crippen molar-refractivity contribution >= 4 is 6.09 Å². The van der Waals surface area contributed by atoms with E-state index in [2.05, 4.69) is 5.32 Å². The van der Waals surface area contributed by atoms with Gasteiger partial charge in [-0.25, -0.2) is 4.79 Å². The molecule has 1 aliphatic carbocycles. The molecule has 19 heavy (non-hydrogen) atoms. The molecule has 1 fully saturated rings. The van der Waals surface area contributed by atoms with Crippen LogP contribution in [0.15, 0.2) is 24.3 Å². The highest BCUT2D eigenvalue weighted by atomic mass is 19.4. The number of ether oxygens (including phenoxy) is 1. The van der Waals surface area contributed by atoms with Crippen LogP contribution in [0.25, 0.3) is 0 Å². The van der Waals surface area contributed by atoms with E-state index in [9.17, 15) is 18.0 Å². The SMILES string of the molecule is O=C(NC1CCCC1)Oc1ccccc1C(F)(F)F. The lowest BCUT2D eigenvalue weighted by Crippen LogP contribution is -2.35. The summed E-state index contributed by atoms with van der Waals surface area (Å²) in [4.78, 5) is 11.5. The Balaban J connectivity index is 2.04. The molecule has 1 amide bonds. The topological polar surface area (TPSA) is 38.3 Å². The van der Waals surface area contributed by atoms with E-state index in [1.165, 1.54) is 12.1 Å². The van der Waals surface area contributed by atoms with Gasteiger partial charge in [-0.2, -0.15) is 13.2 Å². The summed E-state index contributed by atoms with van der Waals surface area (Å²) in [6.07, 6.45) is -1.65. The molecule has 0 bridgehead atoms. The van der Waals surface area contributed by atoms with Crippen molar-refractivity contribution in [2.24, 2.45) is 0 Å². The molecule has 1 saturated carbocycles. The summed E-state index contributed by atoms with van der Waals surface area (Å²) in [5.41, 5.74) is -0.948. The van der Waals surface area contributed by atoms with Gasteiger partial charge in [0.25, 0.3) is 0 Å². The molecule has 0 atom stereocenters. The van der Waals surface area contributed by atoms with Gasteiger partial charge in [-0.15, -0.1) is 0 Å². The zero-order valence-electron chi connectivity index (χ0n) is 10.2. The van der Waals surface area contributed by atoms with Crippen LogP contribution in [-0.2, 0) is 6.18 Å². The Morgan fingerprint density at radius 1 is 1.21 bits per heavy atom. The average Bonchev–Trinajstić information content (AvgIpc) is 2.81. The smallest absolute Gasteiger partial charge is 0.410 e. The van der Waals surface area contributed by atoms with Crippen molar-refractivity contribution in [2.45, 2.75) is 37.9 Å². The molecule has 104 valence electrons. The molecule has 6 heteroatoms. The number of amides is 1. The van der Waals surface area contributed by atoms with Crippen LogP contribution in [-0.4, -0.2) is 12.1 Å². The molecule has 0 radical (unpaired) electrons. The first-order valence-electron chi connectivity index (χ1n) is 6.11. The van der Waals surface area contributed by atoms with Crippen molar-refractivity contribution in [3.05, 3.63) is 29.8 Å². The van der Waals surface area contributed by atoms with E-state index in [0.29, 0.717) is 0 Å². The zero-order chi connectivity index (χ0) is 13.9. The highest BCUT2D eigenvalue weighted by Gasteiger charge is 2.34. The Kier molecular flexibility index (Phi) is 3.97. The van der Waals surface area contributed by atoms with Crippen LogP contribution in [0, 0.1) is 0 Å². The fraction of sp³-hybridized carbons (Fsp3) is 0.462. The second kappa shape index (κ2) is 5.50. The Labute approximate surface area is 108 Å². The maximum absolute atomic E-state index is 12.7. The van der Waals surface area contributed by atoms with Crippen LogP contribution < -0.4 is 10.1 Å². The van der Waals surface area contributed by atoms with Crippen molar-refractivity contribution in [2.75, 3.05) is 0 Å². The van der Waals surface area contributed by atoms with Crippen LogP contribution in [0.4, 0.5) is 18.0 Å². The third kappa shape index (κ3) is 3.62. The molecule has 0 aliphatic heterocycles. The predicted molar refractivity (Wildman–Crippen MR) is 62.9 cm³/mol. The van der Waals surface area contributed by atoms with Crippen molar-refractivity contribution in [3.63, 3.8) is 0 Å². The van der Waals surface area contributed by atoms with Gasteiger partial charge in [0, 0.05) is 6.04 Å². The van der Waals surface area contributed by atoms with E-state index < -0.39 is 23.6 Å². The summed E-state index contributed by atoms with van der Waals surface area (Å²) >= 11 is 0. The fourth-order valence-corrected chi connectivity index (χ4v) is 2.16. The van der Waals surface area contributed by atoms with Gasteiger partial charge in [0.2, 0.25) is 0 Å². The number of halogens is 3. The lowest BCUT2D eigenvalue weighted by atomic mass is 10.2. The van der Waals surface area contributed by atoms with Crippen LogP contribution in [0.2, 0.25) is 0 Å². The number of benzene rings is 1. The van der Waals surface area contributed by atoms with Crippen molar-refractivity contribution in [1.29, 1.82) is 0 Å². The minimum absolute atomic E-state index is 0.00514. The second-order valence-corrected chi connectivity index (χ2v) is 4.51. The number of para-hydroxylation sites is 1. The maximum Gasteiger partial charge on any atom is 0.419 e. The molecule has 1 aliphatic rings. The molecule has 3 nitrogen and oxygen atoms in total. The Bertz CT molecular complexity index is 453. The summed E-state index contributed by atoms with van der Waals surface area (Å²) in [6, 6.07) is 4.68. The van der Waals surface area contributed by atoms with Crippen LogP contribution >= 0.6 is 0 Å². The minimum atomic E-state index is -4.54. The Hall–Kier alpha value is -1.72. The van der Waals surface area contributed by atoms with Crippen molar-refractivity contribution in [3.8, 4) is 5.75 Å². The van der Waals surface area contributed by atoms with Crippen molar-refractivity contribution in [1.82, 2.24) is 5.32 Å². The van der Waals surface area contributed by atoms with Gasteiger partial charge in [-0.05, 0) is 25.0 Å². The molecule has 1 N–H and O–H groups in total. The predicted octanol–water partition coefficient (Wildman–Crippen LogP) is 3.74. The molecule has 1 aromatic carbocycles. The van der Waals surface area contributed by atoms with Gasteiger partial charge in [-0.3, -0.25) is 0 Å². The standard InChI is InChI=1S/C13H14F3NO2/c14-13(15,16)10-7-3-4-8-11(10)19-12(18)17-9-5-1-2-6-9/h3-4,7-9H,1-2,5-6H2,(H,17,18). The summed E-state index contributed by atoms with van der Waals surface area (Å²) in [5.74, 6) is -0.467. The maximum atomic E-state index is 12.7. The number of carbonyl (C=O) groups is 1. The number of hydrogen-bond acceptors (Lipinski definition) is 2.